The van der Waals surface area contributed by atoms with Crippen molar-refractivity contribution < 1.29 is 9.21 Å². The molecule has 1 amide bonds. The molecule has 5 heterocycles. The van der Waals surface area contributed by atoms with Crippen LogP contribution in [0.25, 0.3) is 22.1 Å². The molecule has 3 saturated heterocycles. The molecule has 0 radical (unpaired) electrons. The lowest BCUT2D eigenvalue weighted by atomic mass is 10.1. The summed E-state index contributed by atoms with van der Waals surface area (Å²) in [7, 11) is 0. The number of fused-ring (bicyclic) bond motifs is 5. The monoisotopic (exact) mass is 347 g/mol. The predicted octanol–water partition coefficient (Wildman–Crippen LogP) is 3.42. The normalized spacial score (nSPS) is 22.5. The molecule has 132 valence electrons. The fourth-order valence-corrected chi connectivity index (χ4v) is 4.21. The van der Waals surface area contributed by atoms with Gasteiger partial charge in [-0.05, 0) is 30.4 Å². The Morgan fingerprint density at radius 1 is 1.00 bits per heavy atom. The van der Waals surface area contributed by atoms with Gasteiger partial charge in [-0.3, -0.25) is 9.78 Å². The topological polar surface area (TPSA) is 49.6 Å². The Kier molecular flexibility index (Phi) is 3.75. The summed E-state index contributed by atoms with van der Waals surface area (Å²) in [5.74, 6) is 1.13. The molecule has 5 nitrogen and oxygen atoms in total. The minimum atomic E-state index is 0.0122. The third-order valence-electron chi connectivity index (χ3n) is 5.67. The van der Waals surface area contributed by atoms with Crippen LogP contribution in [0, 0.1) is 0 Å². The Morgan fingerprint density at radius 2 is 1.85 bits per heavy atom. The molecule has 0 aliphatic carbocycles. The maximum atomic E-state index is 13.0. The van der Waals surface area contributed by atoms with Gasteiger partial charge in [-0.25, -0.2) is 0 Å². The van der Waals surface area contributed by atoms with Crippen LogP contribution < -0.4 is 0 Å². The van der Waals surface area contributed by atoms with E-state index in [0.29, 0.717) is 17.6 Å². The van der Waals surface area contributed by atoms with Crippen LogP contribution in [-0.4, -0.2) is 52.9 Å². The molecule has 0 spiro atoms. The minimum absolute atomic E-state index is 0.0122. The number of carbonyl (C=O) groups is 1. The summed E-state index contributed by atoms with van der Waals surface area (Å²) in [4.78, 5) is 21.8. The summed E-state index contributed by atoms with van der Waals surface area (Å²) in [6.07, 6.45) is 5.77. The van der Waals surface area contributed by atoms with Gasteiger partial charge in [0.05, 0.1) is 0 Å². The van der Waals surface area contributed by atoms with Crippen LogP contribution in [0.3, 0.4) is 0 Å². The van der Waals surface area contributed by atoms with E-state index in [0.717, 1.165) is 55.4 Å². The average Bonchev–Trinajstić information content (AvgIpc) is 2.99. The van der Waals surface area contributed by atoms with Crippen molar-refractivity contribution >= 4 is 16.7 Å². The summed E-state index contributed by atoms with van der Waals surface area (Å²) in [6.45, 7) is 3.94. The molecule has 1 aromatic carbocycles. The SMILES string of the molecule is O=C(c1ccc(-c2cncc3ccccc23)o1)N1CCN2CCC1CC2. The van der Waals surface area contributed by atoms with E-state index in [1.165, 1.54) is 0 Å². The lowest BCUT2D eigenvalue weighted by Crippen LogP contribution is -2.41. The van der Waals surface area contributed by atoms with Gasteiger partial charge in [0, 0.05) is 55.6 Å². The van der Waals surface area contributed by atoms with E-state index in [-0.39, 0.29) is 5.91 Å². The van der Waals surface area contributed by atoms with Crippen molar-refractivity contribution in [2.24, 2.45) is 0 Å². The van der Waals surface area contributed by atoms with Crippen LogP contribution in [0.2, 0.25) is 0 Å². The standard InChI is InChI=1S/C21H21N3O2/c25-21(24-12-11-23-9-7-16(24)8-10-23)20-6-5-19(26-20)18-14-22-13-15-3-1-2-4-17(15)18/h1-6,13-14,16H,7-12H2. The number of nitrogens with zero attached hydrogens (tertiary/aromatic N) is 3. The highest BCUT2D eigenvalue weighted by atomic mass is 16.4. The van der Waals surface area contributed by atoms with Crippen molar-refractivity contribution in [3.05, 3.63) is 54.6 Å². The van der Waals surface area contributed by atoms with E-state index in [1.807, 2.05) is 35.4 Å². The molecule has 6 rings (SSSR count). The predicted molar refractivity (Wildman–Crippen MR) is 99.9 cm³/mol. The molecule has 26 heavy (non-hydrogen) atoms. The molecule has 3 aliphatic rings. The van der Waals surface area contributed by atoms with Crippen LogP contribution in [0.1, 0.15) is 23.4 Å². The van der Waals surface area contributed by atoms with Gasteiger partial charge in [-0.2, -0.15) is 0 Å². The fraction of sp³-hybridized carbons (Fsp3) is 0.333. The Morgan fingerprint density at radius 3 is 2.73 bits per heavy atom. The highest BCUT2D eigenvalue weighted by Crippen LogP contribution is 2.30. The van der Waals surface area contributed by atoms with Crippen LogP contribution in [0.4, 0.5) is 0 Å². The third-order valence-corrected chi connectivity index (χ3v) is 5.67. The number of pyridine rings is 1. The zero-order valence-corrected chi connectivity index (χ0v) is 14.6. The quantitative estimate of drug-likeness (QED) is 0.713. The molecule has 0 saturated carbocycles. The van der Waals surface area contributed by atoms with E-state index >= 15 is 0 Å². The number of aromatic nitrogens is 1. The van der Waals surface area contributed by atoms with E-state index in [9.17, 15) is 4.79 Å². The summed E-state index contributed by atoms with van der Waals surface area (Å²) in [5.41, 5.74) is 0.921. The molecule has 2 bridgehead atoms. The van der Waals surface area contributed by atoms with E-state index < -0.39 is 0 Å². The Balaban J connectivity index is 1.47. The minimum Gasteiger partial charge on any atom is -0.451 e. The molecule has 2 aromatic heterocycles. The molecule has 3 fully saturated rings. The largest absolute Gasteiger partial charge is 0.451 e. The van der Waals surface area contributed by atoms with Crippen LogP contribution in [-0.2, 0) is 0 Å². The number of amides is 1. The first-order valence-electron chi connectivity index (χ1n) is 9.26. The lowest BCUT2D eigenvalue weighted by molar-refractivity contribution is 0.0653. The van der Waals surface area contributed by atoms with Crippen LogP contribution >= 0.6 is 0 Å². The van der Waals surface area contributed by atoms with Crippen molar-refractivity contribution in [1.82, 2.24) is 14.8 Å². The van der Waals surface area contributed by atoms with Gasteiger partial charge in [-0.1, -0.05) is 24.3 Å². The van der Waals surface area contributed by atoms with E-state index in [2.05, 4.69) is 16.0 Å². The first kappa shape index (κ1) is 15.6. The Labute approximate surface area is 152 Å². The van der Waals surface area contributed by atoms with Gasteiger partial charge >= 0.3 is 0 Å². The number of furan rings is 1. The van der Waals surface area contributed by atoms with Gasteiger partial charge in [0.1, 0.15) is 5.76 Å². The number of hydrogen-bond donors (Lipinski definition) is 0. The van der Waals surface area contributed by atoms with Crippen LogP contribution in [0.15, 0.2) is 53.2 Å². The molecule has 5 heteroatoms. The second-order valence-corrected chi connectivity index (χ2v) is 7.14. The molecule has 0 atom stereocenters. The lowest BCUT2D eigenvalue weighted by Gasteiger charge is -2.30. The van der Waals surface area contributed by atoms with Gasteiger partial charge in [0.2, 0.25) is 0 Å². The van der Waals surface area contributed by atoms with Crippen LogP contribution in [0.5, 0.6) is 0 Å². The summed E-state index contributed by atoms with van der Waals surface area (Å²) in [5, 5.41) is 2.14. The zero-order valence-electron chi connectivity index (χ0n) is 14.6. The molecule has 3 aliphatic heterocycles. The highest BCUT2D eigenvalue weighted by Gasteiger charge is 2.33. The number of piperidine rings is 1. The molecule has 3 aromatic rings. The second kappa shape index (κ2) is 6.25. The van der Waals surface area contributed by atoms with Crippen molar-refractivity contribution in [2.75, 3.05) is 26.2 Å². The van der Waals surface area contributed by atoms with Gasteiger partial charge in [0.25, 0.3) is 5.91 Å². The first-order valence-corrected chi connectivity index (χ1v) is 9.26. The second-order valence-electron chi connectivity index (χ2n) is 7.14. The van der Waals surface area contributed by atoms with Gasteiger partial charge in [-0.15, -0.1) is 0 Å². The number of rotatable bonds is 2. The van der Waals surface area contributed by atoms with Gasteiger partial charge < -0.3 is 14.2 Å². The number of carbonyl (C=O) groups excluding carboxylic acids is 1. The van der Waals surface area contributed by atoms with Crippen molar-refractivity contribution in [2.45, 2.75) is 18.9 Å². The highest BCUT2D eigenvalue weighted by molar-refractivity contribution is 5.96. The molecular weight excluding hydrogens is 326 g/mol. The van der Waals surface area contributed by atoms with Gasteiger partial charge in [0.15, 0.2) is 5.76 Å². The molecular formula is C21H21N3O2. The van der Waals surface area contributed by atoms with E-state index in [4.69, 9.17) is 4.42 Å². The van der Waals surface area contributed by atoms with Crippen molar-refractivity contribution in [3.8, 4) is 11.3 Å². The Bertz CT molecular complexity index is 951. The summed E-state index contributed by atoms with van der Waals surface area (Å²) < 4.78 is 6.00. The van der Waals surface area contributed by atoms with Crippen molar-refractivity contribution in [1.29, 1.82) is 0 Å². The first-order chi connectivity index (χ1) is 12.8. The van der Waals surface area contributed by atoms with Crippen molar-refractivity contribution in [3.63, 3.8) is 0 Å². The Hall–Kier alpha value is -2.66. The number of hydrogen-bond acceptors (Lipinski definition) is 4. The fourth-order valence-electron chi connectivity index (χ4n) is 4.21. The summed E-state index contributed by atoms with van der Waals surface area (Å²) >= 11 is 0. The number of benzene rings is 1. The average molecular weight is 347 g/mol. The molecule has 0 unspecified atom stereocenters. The maximum Gasteiger partial charge on any atom is 0.289 e. The zero-order chi connectivity index (χ0) is 17.5. The molecule has 0 N–H and O–H groups in total. The third kappa shape index (κ3) is 2.59. The summed E-state index contributed by atoms with van der Waals surface area (Å²) in [6, 6.07) is 12.1. The maximum absolute atomic E-state index is 13.0. The van der Waals surface area contributed by atoms with E-state index in [1.54, 1.807) is 12.3 Å². The smallest absolute Gasteiger partial charge is 0.289 e.